The second-order valence-corrected chi connectivity index (χ2v) is 11.1. The summed E-state index contributed by atoms with van der Waals surface area (Å²) < 4.78 is 30.2. The maximum absolute atomic E-state index is 12.8. The minimum absolute atomic E-state index is 0.212. The summed E-state index contributed by atoms with van der Waals surface area (Å²) in [5.74, 6) is 0.863. The maximum Gasteiger partial charge on any atom is 0.245 e. The fraction of sp³-hybridized carbons (Fsp3) is 0.375. The Labute approximate surface area is 216 Å². The van der Waals surface area contributed by atoms with Gasteiger partial charge in [-0.1, -0.05) is 29.5 Å². The molecule has 5 rings (SSSR count). The van der Waals surface area contributed by atoms with Gasteiger partial charge < -0.3 is 4.90 Å². The molecule has 0 unspecified atom stereocenters. The Morgan fingerprint density at radius 1 is 1.00 bits per heavy atom. The van der Waals surface area contributed by atoms with Crippen LogP contribution in [0, 0.1) is 0 Å². The van der Waals surface area contributed by atoms with Crippen LogP contribution in [0.4, 0.5) is 5.82 Å². The monoisotopic (exact) mass is 522 g/mol. The van der Waals surface area contributed by atoms with Gasteiger partial charge in [-0.05, 0) is 5.56 Å². The Bertz CT molecular complexity index is 1410. The fourth-order valence-electron chi connectivity index (χ4n) is 4.34. The fourth-order valence-corrected chi connectivity index (χ4v) is 5.48. The van der Waals surface area contributed by atoms with Crippen molar-refractivity contribution < 1.29 is 8.42 Å². The van der Waals surface area contributed by atoms with Crippen LogP contribution < -0.4 is 4.90 Å². The molecule has 3 aromatic heterocycles. The summed E-state index contributed by atoms with van der Waals surface area (Å²) in [4.78, 5) is 14.0. The molecular weight excluding hydrogens is 492 g/mol. The minimum atomic E-state index is -3.54. The summed E-state index contributed by atoms with van der Waals surface area (Å²) in [6.45, 7) is 4.93. The minimum Gasteiger partial charge on any atom is -0.352 e. The van der Waals surface area contributed by atoms with Crippen LogP contribution in [0.3, 0.4) is 0 Å². The van der Waals surface area contributed by atoms with E-state index in [9.17, 15) is 8.42 Å². The van der Waals surface area contributed by atoms with Gasteiger partial charge in [0.25, 0.3) is 0 Å². The van der Waals surface area contributed by atoms with Crippen LogP contribution in [0.15, 0.2) is 66.3 Å². The molecule has 0 radical (unpaired) electrons. The van der Waals surface area contributed by atoms with Crippen molar-refractivity contribution in [2.24, 2.45) is 7.05 Å². The molecule has 13 heteroatoms. The lowest BCUT2D eigenvalue weighted by atomic mass is 10.1. The summed E-state index contributed by atoms with van der Waals surface area (Å²) in [6.07, 6.45) is 9.86. The molecule has 12 nitrogen and oxygen atoms in total. The van der Waals surface area contributed by atoms with E-state index in [2.05, 4.69) is 59.4 Å². The van der Waals surface area contributed by atoms with E-state index < -0.39 is 10.0 Å². The molecule has 1 fully saturated rings. The number of hydrogen-bond donors (Lipinski definition) is 0. The maximum atomic E-state index is 12.8. The predicted octanol–water partition coefficient (Wildman–Crippen LogP) is 0.960. The molecule has 0 spiro atoms. The van der Waals surface area contributed by atoms with E-state index in [1.807, 2.05) is 6.20 Å². The molecule has 194 valence electrons. The van der Waals surface area contributed by atoms with Gasteiger partial charge in [0, 0.05) is 83.7 Å². The number of piperazine rings is 1. The first kappa shape index (κ1) is 25.0. The number of benzene rings is 1. The van der Waals surface area contributed by atoms with Gasteiger partial charge in [0.15, 0.2) is 5.82 Å². The summed E-state index contributed by atoms with van der Waals surface area (Å²) in [5.41, 5.74) is 2.99. The highest BCUT2D eigenvalue weighted by Crippen LogP contribution is 2.27. The molecular formula is C24H30N10O2S. The topological polar surface area (TPSA) is 118 Å². The van der Waals surface area contributed by atoms with Gasteiger partial charge in [-0.15, -0.1) is 5.10 Å². The summed E-state index contributed by atoms with van der Waals surface area (Å²) in [5, 5.41) is 11.8. The molecule has 1 aliphatic rings. The predicted molar refractivity (Wildman–Crippen MR) is 138 cm³/mol. The molecule has 0 aliphatic carbocycles. The molecule has 1 saturated heterocycles. The molecule has 4 aromatic rings. The van der Waals surface area contributed by atoms with Gasteiger partial charge in [-0.3, -0.25) is 14.6 Å². The SMILES string of the molecule is CN(CCN1CCN(c2nccnc2-c2ccc(Cn3ccnn3)cc2)CC1)S(=O)(=O)c1cnn(C)c1. The van der Waals surface area contributed by atoms with E-state index in [0.717, 1.165) is 48.8 Å². The van der Waals surface area contributed by atoms with Crippen LogP contribution in [0.25, 0.3) is 11.3 Å². The highest BCUT2D eigenvalue weighted by atomic mass is 32.2. The van der Waals surface area contributed by atoms with Crippen LogP contribution in [-0.2, 0) is 23.6 Å². The number of aryl methyl sites for hydroxylation is 1. The molecule has 37 heavy (non-hydrogen) atoms. The van der Waals surface area contributed by atoms with E-state index in [-0.39, 0.29) is 4.90 Å². The van der Waals surface area contributed by atoms with Crippen LogP contribution in [0.1, 0.15) is 5.56 Å². The molecule has 0 bridgehead atoms. The standard InChI is InChI=1S/C24H30N10O2S/c1-30-19-22(17-28-30)37(35,36)31(2)11-12-32-13-15-33(16-14-32)24-23(25-7-8-26-24)21-5-3-20(4-6-21)18-34-10-9-27-29-34/h3-10,17,19H,11-16,18H2,1-2H3. The van der Waals surface area contributed by atoms with Crippen molar-refractivity contribution in [1.29, 1.82) is 0 Å². The van der Waals surface area contributed by atoms with Crippen molar-refractivity contribution >= 4 is 15.8 Å². The first-order valence-corrected chi connectivity index (χ1v) is 13.5. The van der Waals surface area contributed by atoms with Crippen LogP contribution >= 0.6 is 0 Å². The van der Waals surface area contributed by atoms with Crippen molar-refractivity contribution in [2.45, 2.75) is 11.4 Å². The van der Waals surface area contributed by atoms with E-state index in [1.54, 1.807) is 37.4 Å². The van der Waals surface area contributed by atoms with Crippen molar-refractivity contribution in [3.05, 3.63) is 67.0 Å². The van der Waals surface area contributed by atoms with E-state index in [0.29, 0.717) is 19.6 Å². The summed E-state index contributed by atoms with van der Waals surface area (Å²) >= 11 is 0. The smallest absolute Gasteiger partial charge is 0.245 e. The summed E-state index contributed by atoms with van der Waals surface area (Å²) in [7, 11) is -0.222. The van der Waals surface area contributed by atoms with Crippen LogP contribution in [0.5, 0.6) is 0 Å². The van der Waals surface area contributed by atoms with Crippen molar-refractivity contribution in [2.75, 3.05) is 51.2 Å². The van der Waals surface area contributed by atoms with Crippen molar-refractivity contribution in [3.63, 3.8) is 0 Å². The molecule has 4 heterocycles. The Balaban J connectivity index is 1.19. The van der Waals surface area contributed by atoms with E-state index in [1.165, 1.54) is 21.4 Å². The second kappa shape index (κ2) is 10.7. The van der Waals surface area contributed by atoms with Gasteiger partial charge in [0.2, 0.25) is 10.0 Å². The van der Waals surface area contributed by atoms with Gasteiger partial charge in [0.05, 0.1) is 18.9 Å². The van der Waals surface area contributed by atoms with Gasteiger partial charge in [0.1, 0.15) is 10.6 Å². The summed E-state index contributed by atoms with van der Waals surface area (Å²) in [6, 6.07) is 8.27. The van der Waals surface area contributed by atoms with E-state index in [4.69, 9.17) is 0 Å². The molecule has 0 saturated carbocycles. The highest BCUT2D eigenvalue weighted by molar-refractivity contribution is 7.89. The number of likely N-dealkylation sites (N-methyl/N-ethyl adjacent to an activating group) is 1. The third-order valence-corrected chi connectivity index (χ3v) is 8.32. The number of aromatic nitrogens is 7. The third-order valence-electron chi connectivity index (χ3n) is 6.52. The average molecular weight is 523 g/mol. The van der Waals surface area contributed by atoms with Crippen LogP contribution in [0.2, 0.25) is 0 Å². The van der Waals surface area contributed by atoms with Gasteiger partial charge >= 0.3 is 0 Å². The van der Waals surface area contributed by atoms with Gasteiger partial charge in [-0.2, -0.15) is 9.40 Å². The lowest BCUT2D eigenvalue weighted by molar-refractivity contribution is 0.243. The van der Waals surface area contributed by atoms with Crippen molar-refractivity contribution in [3.8, 4) is 11.3 Å². The number of nitrogens with zero attached hydrogens (tertiary/aromatic N) is 10. The zero-order valence-corrected chi connectivity index (χ0v) is 21.7. The zero-order chi connectivity index (χ0) is 25.8. The Morgan fingerprint density at radius 2 is 1.76 bits per heavy atom. The number of hydrogen-bond acceptors (Lipinski definition) is 9. The molecule has 1 aromatic carbocycles. The highest BCUT2D eigenvalue weighted by Gasteiger charge is 2.25. The number of rotatable bonds is 9. The molecule has 0 amide bonds. The van der Waals surface area contributed by atoms with Gasteiger partial charge in [-0.25, -0.2) is 18.1 Å². The largest absolute Gasteiger partial charge is 0.352 e. The average Bonchev–Trinajstić information content (AvgIpc) is 3.60. The lowest BCUT2D eigenvalue weighted by Crippen LogP contribution is -2.49. The molecule has 0 N–H and O–H groups in total. The van der Waals surface area contributed by atoms with Crippen molar-refractivity contribution in [1.82, 2.24) is 43.9 Å². The second-order valence-electron chi connectivity index (χ2n) is 9.03. The Morgan fingerprint density at radius 3 is 2.43 bits per heavy atom. The zero-order valence-electron chi connectivity index (χ0n) is 20.9. The third kappa shape index (κ3) is 5.68. The van der Waals surface area contributed by atoms with Crippen LogP contribution in [-0.4, -0.2) is 98.7 Å². The quantitative estimate of drug-likeness (QED) is 0.317. The molecule has 0 atom stereocenters. The molecule has 1 aliphatic heterocycles. The van der Waals surface area contributed by atoms with E-state index >= 15 is 0 Å². The Kier molecular flexibility index (Phi) is 7.26. The number of sulfonamides is 1. The Hall–Kier alpha value is -3.68. The first-order chi connectivity index (χ1) is 17.9. The lowest BCUT2D eigenvalue weighted by Gasteiger charge is -2.36. The first-order valence-electron chi connectivity index (χ1n) is 12.1. The number of anilines is 1. The normalized spacial score (nSPS) is 14.9.